The van der Waals surface area contributed by atoms with Crippen LogP contribution in [-0.2, 0) is 10.2 Å². The van der Waals surface area contributed by atoms with Crippen LogP contribution in [0.5, 0.6) is 0 Å². The lowest BCUT2D eigenvalue weighted by atomic mass is 9.92. The van der Waals surface area contributed by atoms with Crippen LogP contribution < -0.4 is 5.32 Å². The normalized spacial score (nSPS) is 13.7. The molecule has 0 aliphatic rings. The zero-order chi connectivity index (χ0) is 11.6. The van der Waals surface area contributed by atoms with E-state index in [4.69, 9.17) is 16.1 Å². The third-order valence-corrected chi connectivity index (χ3v) is 2.08. The first-order chi connectivity index (χ1) is 6.80. The fourth-order valence-corrected chi connectivity index (χ4v) is 0.963. The molecule has 0 aromatic carbocycles. The van der Waals surface area contributed by atoms with Crippen LogP contribution in [0.4, 0.5) is 5.88 Å². The number of nitrogens with zero attached hydrogens (tertiary/aromatic N) is 1. The molecule has 5 heteroatoms. The third kappa shape index (κ3) is 3.23. The highest BCUT2D eigenvalue weighted by molar-refractivity contribution is 6.32. The average molecular weight is 231 g/mol. The van der Waals surface area contributed by atoms with Crippen molar-refractivity contribution >= 4 is 23.4 Å². The molecule has 0 aliphatic carbocycles. The molecule has 0 radical (unpaired) electrons. The first-order valence-corrected chi connectivity index (χ1v) is 5.16. The molecular weight excluding hydrogens is 216 g/mol. The molecule has 0 bridgehead atoms. The molecule has 1 N–H and O–H groups in total. The highest BCUT2D eigenvalue weighted by Crippen LogP contribution is 2.23. The molecular formula is C10H15ClN2O2. The highest BCUT2D eigenvalue weighted by atomic mass is 35.5. The minimum Gasteiger partial charge on any atom is -0.338 e. The molecule has 1 amide bonds. The van der Waals surface area contributed by atoms with Crippen LogP contribution in [0.15, 0.2) is 10.6 Å². The summed E-state index contributed by atoms with van der Waals surface area (Å²) in [5, 5.41) is 5.81. The Hall–Kier alpha value is -1.03. The van der Waals surface area contributed by atoms with Crippen LogP contribution in [0, 0.1) is 0 Å². The van der Waals surface area contributed by atoms with E-state index >= 15 is 0 Å². The molecule has 0 saturated carbocycles. The largest absolute Gasteiger partial charge is 0.338 e. The van der Waals surface area contributed by atoms with Gasteiger partial charge in [0.1, 0.15) is 5.38 Å². The van der Waals surface area contributed by atoms with Crippen LogP contribution in [0.25, 0.3) is 0 Å². The molecule has 0 spiro atoms. The average Bonchev–Trinajstić information content (AvgIpc) is 2.51. The third-order valence-electron chi connectivity index (χ3n) is 1.89. The summed E-state index contributed by atoms with van der Waals surface area (Å²) in [5.74, 6) is 0.0331. The lowest BCUT2D eigenvalue weighted by Gasteiger charge is -2.12. The van der Waals surface area contributed by atoms with E-state index in [0.29, 0.717) is 5.88 Å². The van der Waals surface area contributed by atoms with Crippen LogP contribution in [0.3, 0.4) is 0 Å². The summed E-state index contributed by atoms with van der Waals surface area (Å²) < 4.78 is 4.97. The van der Waals surface area contributed by atoms with Crippen molar-refractivity contribution in [3.05, 3.63) is 11.8 Å². The van der Waals surface area contributed by atoms with Crippen molar-refractivity contribution in [3.8, 4) is 0 Å². The van der Waals surface area contributed by atoms with Crippen molar-refractivity contribution in [3.63, 3.8) is 0 Å². The summed E-state index contributed by atoms with van der Waals surface area (Å²) in [6.45, 7) is 7.64. The molecule has 1 rings (SSSR count). The van der Waals surface area contributed by atoms with E-state index in [1.807, 2.05) is 20.8 Å². The molecule has 15 heavy (non-hydrogen) atoms. The monoisotopic (exact) mass is 230 g/mol. The van der Waals surface area contributed by atoms with Crippen molar-refractivity contribution in [2.45, 2.75) is 38.5 Å². The Morgan fingerprint density at radius 1 is 1.60 bits per heavy atom. The second-order valence-electron chi connectivity index (χ2n) is 4.43. The number of hydrogen-bond donors (Lipinski definition) is 1. The minimum atomic E-state index is -0.590. The van der Waals surface area contributed by atoms with Crippen molar-refractivity contribution < 1.29 is 9.32 Å². The molecule has 1 aromatic rings. The van der Waals surface area contributed by atoms with Gasteiger partial charge < -0.3 is 4.52 Å². The van der Waals surface area contributed by atoms with E-state index in [9.17, 15) is 4.79 Å². The van der Waals surface area contributed by atoms with Gasteiger partial charge in [-0.3, -0.25) is 10.1 Å². The van der Waals surface area contributed by atoms with Crippen LogP contribution in [0.1, 0.15) is 33.4 Å². The van der Waals surface area contributed by atoms with Gasteiger partial charge in [0, 0.05) is 11.5 Å². The predicted molar refractivity (Wildman–Crippen MR) is 59.1 cm³/mol. The van der Waals surface area contributed by atoms with Crippen molar-refractivity contribution in [2.24, 2.45) is 0 Å². The van der Waals surface area contributed by atoms with Gasteiger partial charge in [0.15, 0.2) is 0 Å². The lowest BCUT2D eigenvalue weighted by Crippen LogP contribution is -2.19. The van der Waals surface area contributed by atoms with Gasteiger partial charge in [0.2, 0.25) is 11.8 Å². The first kappa shape index (κ1) is 12.0. The molecule has 0 saturated heterocycles. The lowest BCUT2D eigenvalue weighted by molar-refractivity contribution is -0.115. The van der Waals surface area contributed by atoms with E-state index in [1.54, 1.807) is 13.0 Å². The second-order valence-corrected chi connectivity index (χ2v) is 5.09. The van der Waals surface area contributed by atoms with Gasteiger partial charge in [-0.2, -0.15) is 0 Å². The first-order valence-electron chi connectivity index (χ1n) is 4.73. The van der Waals surface area contributed by atoms with Gasteiger partial charge in [-0.1, -0.05) is 25.9 Å². The summed E-state index contributed by atoms with van der Waals surface area (Å²) in [5.41, 5.74) is 0.694. The Morgan fingerprint density at radius 3 is 2.60 bits per heavy atom. The van der Waals surface area contributed by atoms with Gasteiger partial charge >= 0.3 is 0 Å². The number of aromatic nitrogens is 1. The number of amides is 1. The zero-order valence-corrected chi connectivity index (χ0v) is 10.1. The second kappa shape index (κ2) is 4.23. The zero-order valence-electron chi connectivity index (χ0n) is 9.30. The number of hydrogen-bond acceptors (Lipinski definition) is 3. The van der Waals surface area contributed by atoms with Crippen molar-refractivity contribution in [2.75, 3.05) is 5.32 Å². The van der Waals surface area contributed by atoms with Crippen LogP contribution in [-0.4, -0.2) is 16.4 Å². The SMILES string of the molecule is CC(Cl)C(=O)Nc1cc(C(C)(C)C)no1. The molecule has 1 unspecified atom stereocenters. The number of halogens is 1. The van der Waals surface area contributed by atoms with E-state index in [0.717, 1.165) is 5.69 Å². The van der Waals surface area contributed by atoms with Crippen LogP contribution in [0.2, 0.25) is 0 Å². The summed E-state index contributed by atoms with van der Waals surface area (Å²) in [6.07, 6.45) is 0. The van der Waals surface area contributed by atoms with Gasteiger partial charge in [0.25, 0.3) is 0 Å². The quantitative estimate of drug-likeness (QED) is 0.795. The van der Waals surface area contributed by atoms with E-state index in [1.165, 1.54) is 0 Å². The predicted octanol–water partition coefficient (Wildman–Crippen LogP) is 2.54. The van der Waals surface area contributed by atoms with Crippen LogP contribution >= 0.6 is 11.6 Å². The topological polar surface area (TPSA) is 55.1 Å². The summed E-state index contributed by atoms with van der Waals surface area (Å²) in [6, 6.07) is 1.71. The maximum atomic E-state index is 11.2. The molecule has 1 heterocycles. The maximum Gasteiger partial charge on any atom is 0.244 e. The fraction of sp³-hybridized carbons (Fsp3) is 0.600. The minimum absolute atomic E-state index is 0.0982. The van der Waals surface area contributed by atoms with E-state index in [-0.39, 0.29) is 11.3 Å². The Bertz CT molecular complexity index is 353. The van der Waals surface area contributed by atoms with Gasteiger partial charge in [0.05, 0.1) is 5.69 Å². The molecule has 1 aromatic heterocycles. The number of rotatable bonds is 2. The number of anilines is 1. The molecule has 84 valence electrons. The summed E-state index contributed by atoms with van der Waals surface area (Å²) >= 11 is 5.60. The fourth-order valence-electron chi connectivity index (χ4n) is 0.908. The van der Waals surface area contributed by atoms with Gasteiger partial charge in [-0.25, -0.2) is 0 Å². The summed E-state index contributed by atoms with van der Waals surface area (Å²) in [4.78, 5) is 11.2. The maximum absolute atomic E-state index is 11.2. The van der Waals surface area contributed by atoms with Crippen molar-refractivity contribution in [1.82, 2.24) is 5.16 Å². The smallest absolute Gasteiger partial charge is 0.244 e. The Kier molecular flexibility index (Phi) is 3.39. The molecule has 0 fully saturated rings. The number of carbonyl (C=O) groups is 1. The number of alkyl halides is 1. The van der Waals surface area contributed by atoms with E-state index < -0.39 is 5.38 Å². The number of nitrogens with one attached hydrogen (secondary N) is 1. The van der Waals surface area contributed by atoms with Gasteiger partial charge in [-0.15, -0.1) is 11.6 Å². The molecule has 4 nitrogen and oxygen atoms in total. The standard InChI is InChI=1S/C10H15ClN2O2/c1-6(11)9(14)12-8-5-7(13-15-8)10(2,3)4/h5-6H,1-4H3,(H,12,14). The van der Waals surface area contributed by atoms with E-state index in [2.05, 4.69) is 10.5 Å². The Morgan fingerprint density at radius 2 is 2.20 bits per heavy atom. The molecule has 0 aliphatic heterocycles. The van der Waals surface area contributed by atoms with Crippen molar-refractivity contribution in [1.29, 1.82) is 0 Å². The Balaban J connectivity index is 2.73. The number of carbonyl (C=O) groups excluding carboxylic acids is 1. The Labute approximate surface area is 94.0 Å². The summed E-state index contributed by atoms with van der Waals surface area (Å²) in [7, 11) is 0. The van der Waals surface area contributed by atoms with Gasteiger partial charge in [-0.05, 0) is 6.92 Å². The molecule has 1 atom stereocenters. The highest BCUT2D eigenvalue weighted by Gasteiger charge is 2.20.